The van der Waals surface area contributed by atoms with Crippen LogP contribution in [0.2, 0.25) is 0 Å². The molecule has 0 spiro atoms. The van der Waals surface area contributed by atoms with Gasteiger partial charge in [0.15, 0.2) is 0 Å². The minimum Gasteiger partial charge on any atom is -0.394 e. The zero-order valence-corrected chi connectivity index (χ0v) is 12.8. The lowest BCUT2D eigenvalue weighted by Gasteiger charge is -2.41. The Morgan fingerprint density at radius 3 is 2.70 bits per heavy atom. The summed E-state index contributed by atoms with van der Waals surface area (Å²) in [5.74, 6) is 0. The Labute approximate surface area is 123 Å². The molecule has 0 saturated carbocycles. The standard InChI is InChI=1S/C18H29NO/c1-2-3-5-12-17-13-8-9-14-19(17)18(15-20)16-10-6-4-7-11-16/h4,6-7,10-11,17-18,20H,2-3,5,8-9,12-15H2,1H3/t17-,18-/m0/s1. The van der Waals surface area contributed by atoms with E-state index in [0.29, 0.717) is 6.04 Å². The van der Waals surface area contributed by atoms with E-state index in [1.54, 1.807) is 0 Å². The molecule has 112 valence electrons. The van der Waals surface area contributed by atoms with Gasteiger partial charge in [-0.05, 0) is 31.4 Å². The number of benzene rings is 1. The average molecular weight is 275 g/mol. The van der Waals surface area contributed by atoms with Gasteiger partial charge in [-0.2, -0.15) is 0 Å². The predicted molar refractivity (Wildman–Crippen MR) is 84.8 cm³/mol. The molecule has 1 heterocycles. The van der Waals surface area contributed by atoms with Crippen LogP contribution in [0.4, 0.5) is 0 Å². The van der Waals surface area contributed by atoms with Gasteiger partial charge in [-0.15, -0.1) is 0 Å². The van der Waals surface area contributed by atoms with Crippen LogP contribution in [-0.4, -0.2) is 29.2 Å². The van der Waals surface area contributed by atoms with Gasteiger partial charge in [-0.3, -0.25) is 4.90 Å². The lowest BCUT2D eigenvalue weighted by molar-refractivity contribution is 0.0512. The number of piperidine rings is 1. The molecule has 2 nitrogen and oxygen atoms in total. The number of aliphatic hydroxyl groups is 1. The summed E-state index contributed by atoms with van der Waals surface area (Å²) in [6.07, 6.45) is 9.15. The van der Waals surface area contributed by atoms with Crippen LogP contribution in [-0.2, 0) is 0 Å². The average Bonchev–Trinajstić information content (AvgIpc) is 2.51. The molecule has 1 N–H and O–H groups in total. The first kappa shape index (κ1) is 15.5. The molecule has 2 atom stereocenters. The predicted octanol–water partition coefficient (Wildman–Crippen LogP) is 4.15. The van der Waals surface area contributed by atoms with Gasteiger partial charge in [0.2, 0.25) is 0 Å². The second-order valence-electron chi connectivity index (χ2n) is 5.99. The van der Waals surface area contributed by atoms with Crippen LogP contribution in [0.1, 0.15) is 63.5 Å². The van der Waals surface area contributed by atoms with E-state index in [0.717, 1.165) is 6.54 Å². The molecule has 2 heteroatoms. The van der Waals surface area contributed by atoms with Crippen LogP contribution in [0.15, 0.2) is 30.3 Å². The first-order chi connectivity index (χ1) is 9.86. The zero-order chi connectivity index (χ0) is 14.2. The summed E-state index contributed by atoms with van der Waals surface area (Å²) in [4.78, 5) is 2.56. The molecule has 1 fully saturated rings. The van der Waals surface area contributed by atoms with E-state index < -0.39 is 0 Å². The molecule has 2 rings (SSSR count). The Hall–Kier alpha value is -0.860. The highest BCUT2D eigenvalue weighted by Gasteiger charge is 2.28. The Morgan fingerprint density at radius 2 is 2.00 bits per heavy atom. The van der Waals surface area contributed by atoms with Crippen molar-refractivity contribution in [3.8, 4) is 0 Å². The van der Waals surface area contributed by atoms with Crippen LogP contribution >= 0.6 is 0 Å². The molecule has 1 aliphatic rings. The number of nitrogens with zero attached hydrogens (tertiary/aromatic N) is 1. The topological polar surface area (TPSA) is 23.5 Å². The fourth-order valence-electron chi connectivity index (χ4n) is 3.45. The summed E-state index contributed by atoms with van der Waals surface area (Å²) in [6, 6.07) is 11.3. The van der Waals surface area contributed by atoms with Crippen molar-refractivity contribution >= 4 is 0 Å². The van der Waals surface area contributed by atoms with Crippen LogP contribution in [0, 0.1) is 0 Å². The molecule has 0 bridgehead atoms. The van der Waals surface area contributed by atoms with Crippen molar-refractivity contribution in [3.63, 3.8) is 0 Å². The van der Waals surface area contributed by atoms with Gasteiger partial charge in [0, 0.05) is 6.04 Å². The van der Waals surface area contributed by atoms with Crippen LogP contribution in [0.3, 0.4) is 0 Å². The smallest absolute Gasteiger partial charge is 0.0628 e. The number of hydrogen-bond acceptors (Lipinski definition) is 2. The normalized spacial score (nSPS) is 21.8. The Kier molecular flexibility index (Phi) is 6.55. The second kappa shape index (κ2) is 8.43. The largest absolute Gasteiger partial charge is 0.394 e. The lowest BCUT2D eigenvalue weighted by Crippen LogP contribution is -2.43. The van der Waals surface area contributed by atoms with Crippen LogP contribution in [0.25, 0.3) is 0 Å². The van der Waals surface area contributed by atoms with Gasteiger partial charge in [-0.1, -0.05) is 62.9 Å². The van der Waals surface area contributed by atoms with Crippen molar-refractivity contribution in [1.29, 1.82) is 0 Å². The van der Waals surface area contributed by atoms with Gasteiger partial charge in [0.1, 0.15) is 0 Å². The van der Waals surface area contributed by atoms with Crippen LogP contribution in [0.5, 0.6) is 0 Å². The highest BCUT2D eigenvalue weighted by molar-refractivity contribution is 5.19. The summed E-state index contributed by atoms with van der Waals surface area (Å²) in [6.45, 7) is 3.63. The fourth-order valence-corrected chi connectivity index (χ4v) is 3.45. The number of rotatable bonds is 7. The van der Waals surface area contributed by atoms with Crippen molar-refractivity contribution in [2.75, 3.05) is 13.2 Å². The minimum atomic E-state index is 0.183. The van der Waals surface area contributed by atoms with Crippen molar-refractivity contribution in [3.05, 3.63) is 35.9 Å². The van der Waals surface area contributed by atoms with Gasteiger partial charge in [0.05, 0.1) is 12.6 Å². The maximum Gasteiger partial charge on any atom is 0.0628 e. The Morgan fingerprint density at radius 1 is 1.20 bits per heavy atom. The van der Waals surface area contributed by atoms with Gasteiger partial charge in [0.25, 0.3) is 0 Å². The number of likely N-dealkylation sites (tertiary alicyclic amines) is 1. The van der Waals surface area contributed by atoms with Crippen LogP contribution < -0.4 is 0 Å². The molecule has 1 aromatic carbocycles. The molecular formula is C18H29NO. The first-order valence-electron chi connectivity index (χ1n) is 8.28. The summed E-state index contributed by atoms with van der Waals surface area (Å²) in [5, 5.41) is 9.88. The highest BCUT2D eigenvalue weighted by atomic mass is 16.3. The minimum absolute atomic E-state index is 0.183. The maximum atomic E-state index is 9.88. The summed E-state index contributed by atoms with van der Waals surface area (Å²) < 4.78 is 0. The quantitative estimate of drug-likeness (QED) is 0.755. The third kappa shape index (κ3) is 4.07. The molecule has 0 amide bonds. The monoisotopic (exact) mass is 275 g/mol. The van der Waals surface area contributed by atoms with Gasteiger partial charge < -0.3 is 5.11 Å². The van der Waals surface area contributed by atoms with E-state index in [4.69, 9.17) is 0 Å². The lowest BCUT2D eigenvalue weighted by atomic mass is 9.93. The SMILES string of the molecule is CCCCC[C@H]1CCCCN1[C@@H](CO)c1ccccc1. The molecule has 1 saturated heterocycles. The van der Waals surface area contributed by atoms with E-state index in [2.05, 4.69) is 36.1 Å². The Bertz CT molecular complexity index is 365. The van der Waals surface area contributed by atoms with E-state index in [1.165, 1.54) is 50.5 Å². The van der Waals surface area contributed by atoms with E-state index in [1.807, 2.05) is 6.07 Å². The molecule has 0 aliphatic carbocycles. The number of aliphatic hydroxyl groups excluding tert-OH is 1. The number of hydrogen-bond donors (Lipinski definition) is 1. The van der Waals surface area contributed by atoms with E-state index in [9.17, 15) is 5.11 Å². The molecule has 0 unspecified atom stereocenters. The van der Waals surface area contributed by atoms with Crippen molar-refractivity contribution in [2.24, 2.45) is 0 Å². The maximum absolute atomic E-state index is 9.88. The van der Waals surface area contributed by atoms with E-state index in [-0.39, 0.29) is 12.6 Å². The van der Waals surface area contributed by atoms with Crippen molar-refractivity contribution < 1.29 is 5.11 Å². The molecule has 0 aromatic heterocycles. The third-order valence-electron chi connectivity index (χ3n) is 4.57. The highest BCUT2D eigenvalue weighted by Crippen LogP contribution is 2.30. The molecular weight excluding hydrogens is 246 g/mol. The molecule has 20 heavy (non-hydrogen) atoms. The summed E-state index contributed by atoms with van der Waals surface area (Å²) in [5.41, 5.74) is 1.26. The zero-order valence-electron chi connectivity index (χ0n) is 12.8. The van der Waals surface area contributed by atoms with E-state index >= 15 is 0 Å². The summed E-state index contributed by atoms with van der Waals surface area (Å²) >= 11 is 0. The summed E-state index contributed by atoms with van der Waals surface area (Å²) in [7, 11) is 0. The molecule has 1 aromatic rings. The van der Waals surface area contributed by atoms with Crippen molar-refractivity contribution in [1.82, 2.24) is 4.90 Å². The second-order valence-corrected chi connectivity index (χ2v) is 5.99. The third-order valence-corrected chi connectivity index (χ3v) is 4.57. The van der Waals surface area contributed by atoms with Gasteiger partial charge >= 0.3 is 0 Å². The fraction of sp³-hybridized carbons (Fsp3) is 0.667. The first-order valence-corrected chi connectivity index (χ1v) is 8.28. The Balaban J connectivity index is 2.05. The molecule has 0 radical (unpaired) electrons. The van der Waals surface area contributed by atoms with Gasteiger partial charge in [-0.25, -0.2) is 0 Å². The number of unbranched alkanes of at least 4 members (excludes halogenated alkanes) is 2. The molecule has 1 aliphatic heterocycles. The van der Waals surface area contributed by atoms with Crippen molar-refractivity contribution in [2.45, 2.75) is 64.0 Å².